The number of ether oxygens (including phenoxy) is 3. The fourth-order valence-corrected chi connectivity index (χ4v) is 4.20. The highest BCUT2D eigenvalue weighted by Gasteiger charge is 2.24. The van der Waals surface area contributed by atoms with Gasteiger partial charge >= 0.3 is 0 Å². The molecule has 1 fully saturated rings. The van der Waals surface area contributed by atoms with Crippen LogP contribution in [0.1, 0.15) is 36.5 Å². The second-order valence-electron chi connectivity index (χ2n) is 8.00. The second-order valence-corrected chi connectivity index (χ2v) is 9.35. The average molecular weight is 520 g/mol. The third-order valence-electron chi connectivity index (χ3n) is 5.58. The number of benzene rings is 2. The lowest BCUT2D eigenvalue weighted by Crippen LogP contribution is -2.33. The molecule has 3 atom stereocenters. The van der Waals surface area contributed by atoms with Crippen molar-refractivity contribution in [3.05, 3.63) is 87.9 Å². The molecule has 0 radical (unpaired) electrons. The minimum absolute atomic E-state index is 0.0324. The molecule has 32 heavy (non-hydrogen) atoms. The number of rotatable bonds is 10. The van der Waals surface area contributed by atoms with Crippen LogP contribution in [-0.2, 0) is 27.2 Å². The standard InChI is InChI=1S/C25H28BrClN2O3/c26-21-8-6-20(7-9-21)24(16-29-14-13-28-18-29)31-17-23-2-1-3-25(32-23)30-15-12-19-4-10-22(27)11-5-19/h4-11,13-14,18,23-25H,1-3,12,15-17H2. The molecule has 1 aromatic heterocycles. The van der Waals surface area contributed by atoms with E-state index in [0.717, 1.165) is 40.7 Å². The van der Waals surface area contributed by atoms with Crippen molar-refractivity contribution in [2.75, 3.05) is 13.2 Å². The summed E-state index contributed by atoms with van der Waals surface area (Å²) < 4.78 is 21.6. The Hall–Kier alpha value is -1.70. The molecule has 0 N–H and O–H groups in total. The zero-order valence-corrected chi connectivity index (χ0v) is 20.2. The van der Waals surface area contributed by atoms with Crippen LogP contribution in [0.2, 0.25) is 5.02 Å². The normalized spacial score (nSPS) is 19.7. The Balaban J connectivity index is 1.27. The topological polar surface area (TPSA) is 45.5 Å². The first-order valence-electron chi connectivity index (χ1n) is 11.0. The minimum atomic E-state index is -0.176. The highest BCUT2D eigenvalue weighted by Crippen LogP contribution is 2.26. The molecular weight excluding hydrogens is 492 g/mol. The smallest absolute Gasteiger partial charge is 0.158 e. The molecule has 5 nitrogen and oxygen atoms in total. The number of imidazole rings is 1. The molecule has 2 heterocycles. The van der Waals surface area contributed by atoms with Crippen LogP contribution >= 0.6 is 27.5 Å². The predicted octanol–water partition coefficient (Wildman–Crippen LogP) is 6.21. The van der Waals surface area contributed by atoms with Crippen LogP contribution in [0.15, 0.2) is 71.7 Å². The maximum Gasteiger partial charge on any atom is 0.158 e. The fraction of sp³-hybridized carbons (Fsp3) is 0.400. The maximum atomic E-state index is 6.36. The van der Waals surface area contributed by atoms with Gasteiger partial charge in [-0.25, -0.2) is 4.98 Å². The summed E-state index contributed by atoms with van der Waals surface area (Å²) >= 11 is 9.46. The van der Waals surface area contributed by atoms with Gasteiger partial charge in [-0.05, 0) is 61.1 Å². The molecule has 0 bridgehead atoms. The zero-order chi connectivity index (χ0) is 22.2. The van der Waals surface area contributed by atoms with Gasteiger partial charge in [0.05, 0.1) is 32.2 Å². The molecule has 1 saturated heterocycles. The first-order chi connectivity index (χ1) is 15.7. The van der Waals surface area contributed by atoms with Crippen molar-refractivity contribution in [2.45, 2.75) is 50.7 Å². The molecule has 7 heteroatoms. The Bertz CT molecular complexity index is 935. The lowest BCUT2D eigenvalue weighted by atomic mass is 10.1. The fourth-order valence-electron chi connectivity index (χ4n) is 3.81. The highest BCUT2D eigenvalue weighted by atomic mass is 79.9. The molecule has 4 rings (SSSR count). The van der Waals surface area contributed by atoms with Gasteiger partial charge in [-0.1, -0.05) is 51.8 Å². The van der Waals surface area contributed by atoms with Gasteiger partial charge in [0.25, 0.3) is 0 Å². The van der Waals surface area contributed by atoms with Gasteiger partial charge in [-0.3, -0.25) is 0 Å². The predicted molar refractivity (Wildman–Crippen MR) is 129 cm³/mol. The summed E-state index contributed by atoms with van der Waals surface area (Å²) in [5, 5.41) is 0.752. The van der Waals surface area contributed by atoms with Crippen molar-refractivity contribution >= 4 is 27.5 Å². The molecule has 1 aliphatic heterocycles. The van der Waals surface area contributed by atoms with Crippen molar-refractivity contribution < 1.29 is 14.2 Å². The molecule has 0 amide bonds. The van der Waals surface area contributed by atoms with Crippen LogP contribution in [0.4, 0.5) is 0 Å². The largest absolute Gasteiger partial charge is 0.369 e. The van der Waals surface area contributed by atoms with Crippen molar-refractivity contribution in [3.63, 3.8) is 0 Å². The van der Waals surface area contributed by atoms with Gasteiger partial charge in [0.15, 0.2) is 6.29 Å². The Labute approximate surface area is 202 Å². The van der Waals surface area contributed by atoms with Crippen LogP contribution < -0.4 is 0 Å². The van der Waals surface area contributed by atoms with Crippen LogP contribution in [0.5, 0.6) is 0 Å². The van der Waals surface area contributed by atoms with Crippen LogP contribution in [0, 0.1) is 0 Å². The van der Waals surface area contributed by atoms with Crippen molar-refractivity contribution in [2.24, 2.45) is 0 Å². The van der Waals surface area contributed by atoms with Gasteiger partial charge < -0.3 is 18.8 Å². The van der Waals surface area contributed by atoms with Crippen molar-refractivity contribution in [1.82, 2.24) is 9.55 Å². The average Bonchev–Trinajstić information content (AvgIpc) is 3.32. The monoisotopic (exact) mass is 518 g/mol. The lowest BCUT2D eigenvalue weighted by Gasteiger charge is -2.31. The van der Waals surface area contributed by atoms with Crippen LogP contribution in [0.3, 0.4) is 0 Å². The number of hydrogen-bond acceptors (Lipinski definition) is 4. The molecular formula is C25H28BrClN2O3. The molecule has 3 unspecified atom stereocenters. The summed E-state index contributed by atoms with van der Waals surface area (Å²) in [6.45, 7) is 1.86. The van der Waals surface area contributed by atoms with Crippen molar-refractivity contribution in [3.8, 4) is 0 Å². The summed E-state index contributed by atoms with van der Waals surface area (Å²) in [5.41, 5.74) is 2.34. The van der Waals surface area contributed by atoms with E-state index >= 15 is 0 Å². The van der Waals surface area contributed by atoms with Gasteiger partial charge in [-0.2, -0.15) is 0 Å². The summed E-state index contributed by atoms with van der Waals surface area (Å²) in [6, 6.07) is 16.2. The molecule has 2 aromatic carbocycles. The summed E-state index contributed by atoms with van der Waals surface area (Å²) in [5.74, 6) is 0. The van der Waals surface area contributed by atoms with E-state index in [0.29, 0.717) is 19.8 Å². The van der Waals surface area contributed by atoms with Crippen molar-refractivity contribution in [1.29, 1.82) is 0 Å². The molecule has 3 aromatic rings. The third kappa shape index (κ3) is 7.15. The van der Waals surface area contributed by atoms with E-state index in [1.807, 2.05) is 53.5 Å². The van der Waals surface area contributed by atoms with E-state index in [9.17, 15) is 0 Å². The van der Waals surface area contributed by atoms with E-state index in [1.54, 1.807) is 6.20 Å². The second kappa shape index (κ2) is 12.0. The van der Waals surface area contributed by atoms with Crippen LogP contribution in [-0.4, -0.2) is 35.2 Å². The summed E-state index contributed by atoms with van der Waals surface area (Å²) in [7, 11) is 0. The third-order valence-corrected chi connectivity index (χ3v) is 6.36. The van der Waals surface area contributed by atoms with Gasteiger partial charge in [0.1, 0.15) is 6.10 Å². The Morgan fingerprint density at radius 1 is 1.12 bits per heavy atom. The van der Waals surface area contributed by atoms with Gasteiger partial charge in [0.2, 0.25) is 0 Å². The summed E-state index contributed by atoms with van der Waals surface area (Å²) in [4.78, 5) is 4.15. The number of aromatic nitrogens is 2. The van der Waals surface area contributed by atoms with E-state index in [1.165, 1.54) is 5.56 Å². The SMILES string of the molecule is Clc1ccc(CCOC2CCCC(COC(Cn3ccnc3)c3ccc(Br)cc3)O2)cc1. The zero-order valence-electron chi connectivity index (χ0n) is 17.9. The number of nitrogens with zero attached hydrogens (tertiary/aromatic N) is 2. The molecule has 0 spiro atoms. The van der Waals surface area contributed by atoms with Crippen LogP contribution in [0.25, 0.3) is 0 Å². The van der Waals surface area contributed by atoms with Gasteiger partial charge in [-0.15, -0.1) is 0 Å². The Morgan fingerprint density at radius 3 is 2.69 bits per heavy atom. The molecule has 170 valence electrons. The van der Waals surface area contributed by atoms with Gasteiger partial charge in [0, 0.05) is 21.9 Å². The summed E-state index contributed by atoms with van der Waals surface area (Å²) in [6.07, 6.45) is 9.15. The van der Waals surface area contributed by atoms with E-state index in [-0.39, 0.29) is 18.5 Å². The lowest BCUT2D eigenvalue weighted by molar-refractivity contribution is -0.207. The Kier molecular flexibility index (Phi) is 8.77. The molecule has 1 aliphatic rings. The van der Waals surface area contributed by atoms with E-state index in [2.05, 4.69) is 33.0 Å². The Morgan fingerprint density at radius 2 is 1.94 bits per heavy atom. The van der Waals surface area contributed by atoms with E-state index < -0.39 is 0 Å². The number of hydrogen-bond donors (Lipinski definition) is 0. The number of halogens is 2. The molecule has 0 saturated carbocycles. The first kappa shape index (κ1) is 23.5. The quantitative estimate of drug-likeness (QED) is 0.319. The maximum absolute atomic E-state index is 6.36. The van der Waals surface area contributed by atoms with E-state index in [4.69, 9.17) is 25.8 Å². The molecule has 0 aliphatic carbocycles. The minimum Gasteiger partial charge on any atom is -0.369 e. The first-order valence-corrected chi connectivity index (χ1v) is 12.2. The highest BCUT2D eigenvalue weighted by molar-refractivity contribution is 9.10.